The van der Waals surface area contributed by atoms with E-state index in [1.807, 2.05) is 24.9 Å². The van der Waals surface area contributed by atoms with Crippen molar-refractivity contribution in [2.24, 2.45) is 11.7 Å². The number of primary amides is 1. The van der Waals surface area contributed by atoms with Gasteiger partial charge in [-0.25, -0.2) is 0 Å². The molecule has 168 valence electrons. The molecule has 1 aliphatic rings. The normalized spacial score (nSPS) is 18.6. The van der Waals surface area contributed by atoms with Crippen LogP contribution < -0.4 is 21.3 Å². The number of nitrogens with two attached hydrogens (primary N) is 1. The van der Waals surface area contributed by atoms with E-state index in [0.29, 0.717) is 35.0 Å². The van der Waals surface area contributed by atoms with Crippen LogP contribution in [0.4, 0.5) is 23.5 Å². The van der Waals surface area contributed by atoms with E-state index in [2.05, 4.69) is 39.4 Å². The second-order valence-corrected chi connectivity index (χ2v) is 8.68. The molecule has 9 heteroatoms. The lowest BCUT2D eigenvalue weighted by Crippen LogP contribution is -2.37. The summed E-state index contributed by atoms with van der Waals surface area (Å²) in [4.78, 5) is 27.3. The van der Waals surface area contributed by atoms with E-state index in [1.54, 1.807) is 12.1 Å². The summed E-state index contributed by atoms with van der Waals surface area (Å²) in [5, 5.41) is 16.9. The molecule has 1 amide bonds. The minimum atomic E-state index is -0.496. The maximum absolute atomic E-state index is 11.6. The van der Waals surface area contributed by atoms with Crippen LogP contribution in [0.25, 0.3) is 0 Å². The van der Waals surface area contributed by atoms with Gasteiger partial charge in [0.25, 0.3) is 0 Å². The van der Waals surface area contributed by atoms with Gasteiger partial charge in [0.15, 0.2) is 0 Å². The van der Waals surface area contributed by atoms with Crippen LogP contribution in [0.5, 0.6) is 0 Å². The maximum atomic E-state index is 11.6. The molecule has 0 saturated heterocycles. The molecule has 2 aromatic rings. The molecule has 1 fully saturated rings. The third-order valence-electron chi connectivity index (χ3n) is 5.42. The average molecular weight is 428 g/mol. The molecule has 5 N–H and O–H groups in total. The van der Waals surface area contributed by atoms with Gasteiger partial charge in [-0.15, -0.1) is 0 Å². The Balaban J connectivity index is 1.92. The predicted octanol–water partition coefficient (Wildman–Crippen LogP) is 2.83. The number of amides is 1. The van der Waals surface area contributed by atoms with Crippen molar-refractivity contribution in [1.82, 2.24) is 15.0 Å². The van der Waals surface area contributed by atoms with Crippen LogP contribution in [0, 0.1) is 12.8 Å². The van der Waals surface area contributed by atoms with Crippen LogP contribution in [-0.2, 0) is 0 Å². The Hall–Kier alpha value is -2.94. The molecule has 0 spiro atoms. The first-order valence-electron chi connectivity index (χ1n) is 10.8. The van der Waals surface area contributed by atoms with Crippen molar-refractivity contribution < 1.29 is 9.90 Å². The number of benzene rings is 1. The maximum Gasteiger partial charge on any atom is 0.248 e. The number of hydrogen-bond donors (Lipinski definition) is 4. The monoisotopic (exact) mass is 427 g/mol. The number of carbonyl (C=O) groups is 1. The van der Waals surface area contributed by atoms with Crippen molar-refractivity contribution in [3.05, 3.63) is 29.3 Å². The Labute approximate surface area is 183 Å². The minimum absolute atomic E-state index is 0.0906. The summed E-state index contributed by atoms with van der Waals surface area (Å²) in [5.74, 6) is 1.24. The Morgan fingerprint density at radius 2 is 1.94 bits per heavy atom. The third-order valence-corrected chi connectivity index (χ3v) is 5.42. The van der Waals surface area contributed by atoms with Crippen LogP contribution in [0.15, 0.2) is 18.2 Å². The Morgan fingerprint density at radius 3 is 2.61 bits per heavy atom. The van der Waals surface area contributed by atoms with Crippen molar-refractivity contribution in [1.29, 1.82) is 0 Å². The minimum Gasteiger partial charge on any atom is -0.391 e. The highest BCUT2D eigenvalue weighted by Crippen LogP contribution is 2.25. The Morgan fingerprint density at radius 1 is 1.23 bits per heavy atom. The van der Waals surface area contributed by atoms with E-state index in [-0.39, 0.29) is 6.04 Å². The van der Waals surface area contributed by atoms with E-state index < -0.39 is 12.0 Å². The lowest BCUT2D eigenvalue weighted by molar-refractivity contribution is 0.1000. The van der Waals surface area contributed by atoms with E-state index in [0.717, 1.165) is 37.8 Å². The molecule has 1 aromatic carbocycles. The highest BCUT2D eigenvalue weighted by molar-refractivity contribution is 5.94. The number of aliphatic hydroxyl groups excluding tert-OH is 1. The van der Waals surface area contributed by atoms with E-state index in [9.17, 15) is 9.90 Å². The fourth-order valence-corrected chi connectivity index (χ4v) is 3.76. The first kappa shape index (κ1) is 22.7. The van der Waals surface area contributed by atoms with Gasteiger partial charge in [-0.2, -0.15) is 15.0 Å². The number of nitrogens with one attached hydrogen (secondary N) is 2. The average Bonchev–Trinajstić information content (AvgIpc) is 2.70. The van der Waals surface area contributed by atoms with Gasteiger partial charge in [0.2, 0.25) is 23.8 Å². The summed E-state index contributed by atoms with van der Waals surface area (Å²) < 4.78 is 0. The van der Waals surface area contributed by atoms with E-state index in [4.69, 9.17) is 5.73 Å². The van der Waals surface area contributed by atoms with Crippen molar-refractivity contribution in [3.8, 4) is 0 Å². The van der Waals surface area contributed by atoms with Crippen molar-refractivity contribution in [3.63, 3.8) is 0 Å². The number of aromatic nitrogens is 3. The lowest BCUT2D eigenvalue weighted by Gasteiger charge is -2.28. The van der Waals surface area contributed by atoms with E-state index in [1.165, 1.54) is 0 Å². The molecule has 0 unspecified atom stereocenters. The first-order valence-corrected chi connectivity index (χ1v) is 10.8. The van der Waals surface area contributed by atoms with Gasteiger partial charge in [-0.1, -0.05) is 32.8 Å². The number of rotatable bonds is 8. The van der Waals surface area contributed by atoms with Crippen molar-refractivity contribution in [2.75, 3.05) is 29.1 Å². The molecule has 0 bridgehead atoms. The molecule has 1 saturated carbocycles. The van der Waals surface area contributed by atoms with Gasteiger partial charge in [-0.05, 0) is 43.4 Å². The molecule has 1 aliphatic carbocycles. The highest BCUT2D eigenvalue weighted by atomic mass is 16.3. The highest BCUT2D eigenvalue weighted by Gasteiger charge is 2.24. The summed E-state index contributed by atoms with van der Waals surface area (Å²) >= 11 is 0. The molecule has 1 heterocycles. The number of aliphatic hydroxyl groups is 1. The number of carbonyl (C=O) groups excluding carboxylic acids is 1. The summed E-state index contributed by atoms with van der Waals surface area (Å²) in [6.07, 6.45) is 3.30. The summed E-state index contributed by atoms with van der Waals surface area (Å²) in [5.41, 5.74) is 7.46. The fraction of sp³-hybridized carbons (Fsp3) is 0.545. The SMILES string of the molecule is Cc1ccc(C(N)=O)cc1Nc1nc(N[C@H]2CCCC[C@H]2O)nc(N(C)CC(C)C)n1. The number of anilines is 4. The summed E-state index contributed by atoms with van der Waals surface area (Å²) in [6, 6.07) is 5.12. The second kappa shape index (κ2) is 9.91. The van der Waals surface area contributed by atoms with Crippen LogP contribution in [0.1, 0.15) is 55.5 Å². The zero-order valence-corrected chi connectivity index (χ0v) is 18.7. The molecule has 0 aliphatic heterocycles. The fourth-order valence-electron chi connectivity index (χ4n) is 3.76. The molecule has 9 nitrogen and oxygen atoms in total. The molecule has 3 rings (SSSR count). The number of nitrogens with zero attached hydrogens (tertiary/aromatic N) is 4. The standard InChI is InChI=1S/C22H33N7O2/c1-13(2)12-29(4)22-27-20(24-16-7-5-6-8-18(16)30)26-21(28-22)25-17-11-15(19(23)31)10-9-14(17)3/h9-11,13,16,18,30H,5-8,12H2,1-4H3,(H2,23,31)(H2,24,25,26,27,28)/t16-,18+/m0/s1. The largest absolute Gasteiger partial charge is 0.391 e. The smallest absolute Gasteiger partial charge is 0.248 e. The quantitative estimate of drug-likeness (QED) is 0.506. The molecular formula is C22H33N7O2. The molecule has 31 heavy (non-hydrogen) atoms. The van der Waals surface area contributed by atoms with Crippen LogP contribution in [0.3, 0.4) is 0 Å². The van der Waals surface area contributed by atoms with Crippen LogP contribution >= 0.6 is 0 Å². The van der Waals surface area contributed by atoms with Gasteiger partial charge in [0.05, 0.1) is 12.1 Å². The molecule has 0 radical (unpaired) electrons. The lowest BCUT2D eigenvalue weighted by atomic mass is 9.93. The van der Waals surface area contributed by atoms with Crippen LogP contribution in [-0.4, -0.2) is 51.7 Å². The number of aryl methyl sites for hydroxylation is 1. The third kappa shape index (κ3) is 6.04. The summed E-state index contributed by atoms with van der Waals surface area (Å²) in [6.45, 7) is 6.98. The van der Waals surface area contributed by atoms with Crippen LogP contribution in [0.2, 0.25) is 0 Å². The van der Waals surface area contributed by atoms with Gasteiger partial charge in [0.1, 0.15) is 0 Å². The topological polar surface area (TPSA) is 129 Å². The molecular weight excluding hydrogens is 394 g/mol. The Kier molecular flexibility index (Phi) is 7.27. The molecule has 2 atom stereocenters. The first-order chi connectivity index (χ1) is 14.7. The number of hydrogen-bond acceptors (Lipinski definition) is 8. The zero-order valence-electron chi connectivity index (χ0n) is 18.7. The van der Waals surface area contributed by atoms with Gasteiger partial charge in [-0.3, -0.25) is 4.79 Å². The van der Waals surface area contributed by atoms with Gasteiger partial charge in [0, 0.05) is 24.8 Å². The molecule has 1 aromatic heterocycles. The van der Waals surface area contributed by atoms with Gasteiger partial charge < -0.3 is 26.4 Å². The predicted molar refractivity (Wildman–Crippen MR) is 123 cm³/mol. The zero-order chi connectivity index (χ0) is 22.5. The van der Waals surface area contributed by atoms with Crippen molar-refractivity contribution >= 4 is 29.4 Å². The van der Waals surface area contributed by atoms with E-state index >= 15 is 0 Å². The Bertz CT molecular complexity index is 919. The van der Waals surface area contributed by atoms with Crippen molar-refractivity contribution in [2.45, 2.75) is 58.6 Å². The summed E-state index contributed by atoms with van der Waals surface area (Å²) in [7, 11) is 1.94. The van der Waals surface area contributed by atoms with Gasteiger partial charge >= 0.3 is 0 Å². The second-order valence-electron chi connectivity index (χ2n) is 8.68.